The molecular weight excluding hydrogens is 396 g/mol. The Morgan fingerprint density at radius 2 is 1.57 bits per heavy atom. The molecule has 1 aliphatic rings. The summed E-state index contributed by atoms with van der Waals surface area (Å²) in [6, 6.07) is 18.9. The molecule has 1 saturated carbocycles. The Labute approximate surface area is 180 Å². The third kappa shape index (κ3) is 6.67. The predicted molar refractivity (Wildman–Crippen MR) is 119 cm³/mol. The zero-order chi connectivity index (χ0) is 21.4. The molecule has 162 valence electrons. The molecule has 2 aromatic rings. The molecule has 1 atom stereocenters. The summed E-state index contributed by atoms with van der Waals surface area (Å²) in [6.45, 7) is 2.49. The molecule has 6 heteroatoms. The summed E-state index contributed by atoms with van der Waals surface area (Å²) in [5.41, 5.74) is 1.29. The lowest BCUT2D eigenvalue weighted by Gasteiger charge is -2.28. The Hall–Kier alpha value is -2.18. The molecule has 0 heterocycles. The molecule has 0 aromatic heterocycles. The van der Waals surface area contributed by atoms with Gasteiger partial charge in [-0.15, -0.1) is 0 Å². The molecule has 3 rings (SSSR count). The Bertz CT molecular complexity index is 893. The van der Waals surface area contributed by atoms with E-state index in [0.717, 1.165) is 38.5 Å². The van der Waals surface area contributed by atoms with Gasteiger partial charge in [0.05, 0.1) is 4.90 Å². The summed E-state index contributed by atoms with van der Waals surface area (Å²) in [4.78, 5) is 12.9. The lowest BCUT2D eigenvalue weighted by molar-refractivity contribution is -0.126. The van der Waals surface area contributed by atoms with Crippen LogP contribution in [-0.2, 0) is 21.2 Å². The van der Waals surface area contributed by atoms with Crippen LogP contribution in [0.2, 0.25) is 0 Å². The Kier molecular flexibility index (Phi) is 8.05. The second kappa shape index (κ2) is 10.7. The van der Waals surface area contributed by atoms with Crippen LogP contribution in [0, 0.1) is 11.8 Å². The molecule has 0 radical (unpaired) electrons. The summed E-state index contributed by atoms with van der Waals surface area (Å²) in [7, 11) is -3.46. The van der Waals surface area contributed by atoms with E-state index in [1.54, 1.807) is 30.3 Å². The van der Waals surface area contributed by atoms with E-state index in [2.05, 4.69) is 29.1 Å². The van der Waals surface area contributed by atoms with Crippen molar-refractivity contribution in [2.24, 2.45) is 11.8 Å². The van der Waals surface area contributed by atoms with Gasteiger partial charge in [-0.2, -0.15) is 0 Å². The molecule has 2 aromatic carbocycles. The fraction of sp³-hybridized carbons (Fsp3) is 0.458. The van der Waals surface area contributed by atoms with E-state index in [-0.39, 0.29) is 23.8 Å². The summed E-state index contributed by atoms with van der Waals surface area (Å²) in [5.74, 6) is 0.452. The Morgan fingerprint density at radius 3 is 2.20 bits per heavy atom. The quantitative estimate of drug-likeness (QED) is 0.636. The first kappa shape index (κ1) is 22.5. The van der Waals surface area contributed by atoms with Gasteiger partial charge >= 0.3 is 0 Å². The minimum Gasteiger partial charge on any atom is -0.353 e. The summed E-state index contributed by atoms with van der Waals surface area (Å²) >= 11 is 0. The van der Waals surface area contributed by atoms with Crippen LogP contribution in [0.25, 0.3) is 0 Å². The lowest BCUT2D eigenvalue weighted by Crippen LogP contribution is -2.40. The van der Waals surface area contributed by atoms with E-state index in [0.29, 0.717) is 11.4 Å². The maximum Gasteiger partial charge on any atom is 0.240 e. The van der Waals surface area contributed by atoms with Crippen molar-refractivity contribution in [3.05, 3.63) is 66.2 Å². The average molecular weight is 429 g/mol. The number of nitrogens with one attached hydrogen (secondary N) is 2. The van der Waals surface area contributed by atoms with Crippen LogP contribution in [0.5, 0.6) is 0 Å². The standard InChI is InChI=1S/C24H32N2O3S/c1-19(12-13-20-8-4-2-5-9-20)26-24(27)22-16-14-21(15-17-22)18-25-30(28,29)23-10-6-3-7-11-23/h2-11,19,21-22,25H,12-18H2,1H3,(H,26,27). The van der Waals surface area contributed by atoms with E-state index >= 15 is 0 Å². The smallest absolute Gasteiger partial charge is 0.240 e. The highest BCUT2D eigenvalue weighted by molar-refractivity contribution is 7.89. The van der Waals surface area contributed by atoms with Crippen LogP contribution < -0.4 is 10.0 Å². The van der Waals surface area contributed by atoms with Gasteiger partial charge in [0.1, 0.15) is 0 Å². The van der Waals surface area contributed by atoms with Crippen LogP contribution in [0.4, 0.5) is 0 Å². The van der Waals surface area contributed by atoms with Crippen LogP contribution in [-0.4, -0.2) is 26.9 Å². The van der Waals surface area contributed by atoms with Crippen LogP contribution in [0.1, 0.15) is 44.6 Å². The van der Waals surface area contributed by atoms with Gasteiger partial charge in [-0.05, 0) is 69.1 Å². The fourth-order valence-electron chi connectivity index (χ4n) is 4.00. The van der Waals surface area contributed by atoms with Crippen molar-refractivity contribution in [2.75, 3.05) is 6.54 Å². The van der Waals surface area contributed by atoms with E-state index in [1.165, 1.54) is 5.56 Å². The number of carbonyl (C=O) groups is 1. The van der Waals surface area contributed by atoms with E-state index in [1.807, 2.05) is 18.2 Å². The largest absolute Gasteiger partial charge is 0.353 e. The van der Waals surface area contributed by atoms with Gasteiger partial charge in [0, 0.05) is 18.5 Å². The number of carbonyl (C=O) groups excluding carboxylic acids is 1. The summed E-state index contributed by atoms with van der Waals surface area (Å²) in [5, 5.41) is 3.16. The van der Waals surface area contributed by atoms with E-state index in [9.17, 15) is 13.2 Å². The first-order chi connectivity index (χ1) is 14.4. The number of rotatable bonds is 9. The maximum absolute atomic E-state index is 12.6. The van der Waals surface area contributed by atoms with Crippen molar-refractivity contribution in [1.82, 2.24) is 10.0 Å². The fourth-order valence-corrected chi connectivity index (χ4v) is 5.14. The van der Waals surface area contributed by atoms with Crippen LogP contribution in [0.3, 0.4) is 0 Å². The third-order valence-corrected chi connectivity index (χ3v) is 7.37. The zero-order valence-electron chi connectivity index (χ0n) is 17.6. The molecule has 1 amide bonds. The lowest BCUT2D eigenvalue weighted by atomic mass is 9.81. The van der Waals surface area contributed by atoms with Crippen LogP contribution >= 0.6 is 0 Å². The molecular formula is C24H32N2O3S. The van der Waals surface area contributed by atoms with Gasteiger partial charge in [-0.25, -0.2) is 13.1 Å². The number of hydrogen-bond acceptors (Lipinski definition) is 3. The van der Waals surface area contributed by atoms with Crippen molar-refractivity contribution in [3.63, 3.8) is 0 Å². The number of sulfonamides is 1. The van der Waals surface area contributed by atoms with Crippen molar-refractivity contribution in [3.8, 4) is 0 Å². The molecule has 0 bridgehead atoms. The number of benzene rings is 2. The van der Waals surface area contributed by atoms with Gasteiger partial charge in [-0.3, -0.25) is 4.79 Å². The van der Waals surface area contributed by atoms with Crippen molar-refractivity contribution in [2.45, 2.75) is 56.4 Å². The minimum absolute atomic E-state index is 0.0335. The highest BCUT2D eigenvalue weighted by atomic mass is 32.2. The predicted octanol–water partition coefficient (Wildman–Crippen LogP) is 3.91. The molecule has 1 unspecified atom stereocenters. The molecule has 2 N–H and O–H groups in total. The molecule has 5 nitrogen and oxygen atoms in total. The first-order valence-corrected chi connectivity index (χ1v) is 12.3. The molecule has 0 spiro atoms. The second-order valence-corrected chi connectivity index (χ2v) is 10.1. The molecule has 0 saturated heterocycles. The zero-order valence-corrected chi connectivity index (χ0v) is 18.4. The Balaban J connectivity index is 1.38. The molecule has 1 aliphatic carbocycles. The van der Waals surface area contributed by atoms with Gasteiger partial charge in [-0.1, -0.05) is 48.5 Å². The second-order valence-electron chi connectivity index (χ2n) is 8.32. The average Bonchev–Trinajstić information content (AvgIpc) is 2.78. The minimum atomic E-state index is -3.46. The molecule has 0 aliphatic heterocycles. The van der Waals surface area contributed by atoms with Gasteiger partial charge in [0.25, 0.3) is 0 Å². The molecule has 30 heavy (non-hydrogen) atoms. The van der Waals surface area contributed by atoms with Gasteiger partial charge in [0.2, 0.25) is 15.9 Å². The summed E-state index contributed by atoms with van der Waals surface area (Å²) < 4.78 is 27.4. The highest BCUT2D eigenvalue weighted by Gasteiger charge is 2.27. The van der Waals surface area contributed by atoms with Crippen molar-refractivity contribution >= 4 is 15.9 Å². The van der Waals surface area contributed by atoms with Crippen molar-refractivity contribution in [1.29, 1.82) is 0 Å². The number of aryl methyl sites for hydroxylation is 1. The summed E-state index contributed by atoms with van der Waals surface area (Å²) in [6.07, 6.45) is 5.24. The maximum atomic E-state index is 12.6. The first-order valence-electron chi connectivity index (χ1n) is 10.8. The normalized spacial score (nSPS) is 20.4. The highest BCUT2D eigenvalue weighted by Crippen LogP contribution is 2.29. The van der Waals surface area contributed by atoms with Gasteiger partial charge in [0.15, 0.2) is 0 Å². The monoisotopic (exact) mass is 428 g/mol. The topological polar surface area (TPSA) is 75.3 Å². The van der Waals surface area contributed by atoms with E-state index < -0.39 is 10.0 Å². The van der Waals surface area contributed by atoms with Gasteiger partial charge < -0.3 is 5.32 Å². The number of amides is 1. The molecule has 1 fully saturated rings. The number of hydrogen-bond donors (Lipinski definition) is 2. The third-order valence-electron chi connectivity index (χ3n) is 5.93. The van der Waals surface area contributed by atoms with Crippen molar-refractivity contribution < 1.29 is 13.2 Å². The van der Waals surface area contributed by atoms with E-state index in [4.69, 9.17) is 0 Å². The van der Waals surface area contributed by atoms with Crippen LogP contribution in [0.15, 0.2) is 65.6 Å². The SMILES string of the molecule is CC(CCc1ccccc1)NC(=O)C1CCC(CNS(=O)(=O)c2ccccc2)CC1. The Morgan fingerprint density at radius 1 is 0.967 bits per heavy atom.